The molecule has 2 amide bonds. The van der Waals surface area contributed by atoms with E-state index in [9.17, 15) is 9.59 Å². The van der Waals surface area contributed by atoms with Crippen LogP contribution in [0.25, 0.3) is 0 Å². The fraction of sp³-hybridized carbons (Fsp3) is 0.263. The summed E-state index contributed by atoms with van der Waals surface area (Å²) in [7, 11) is 1.60. The van der Waals surface area contributed by atoms with Crippen molar-refractivity contribution in [3.05, 3.63) is 53.6 Å². The number of hydrogen-bond donors (Lipinski definition) is 3. The van der Waals surface area contributed by atoms with E-state index in [-0.39, 0.29) is 17.7 Å². The highest BCUT2D eigenvalue weighted by molar-refractivity contribution is 8.01. The average Bonchev–Trinajstić information content (AvgIpc) is 2.71. The van der Waals surface area contributed by atoms with E-state index in [1.165, 1.54) is 16.7 Å². The molecule has 0 fully saturated rings. The lowest BCUT2D eigenvalue weighted by Gasteiger charge is -2.33. The number of anilines is 1. The fourth-order valence-corrected chi connectivity index (χ4v) is 4.19. The Labute approximate surface area is 161 Å². The Morgan fingerprint density at radius 3 is 2.59 bits per heavy atom. The number of nitrogens with one attached hydrogen (secondary N) is 1. The number of nitrogens with zero attached hydrogens (tertiary/aromatic N) is 1. The average molecular weight is 387 g/mol. The van der Waals surface area contributed by atoms with Crippen LogP contribution in [0, 0.1) is 0 Å². The molecule has 1 aliphatic rings. The molecule has 1 unspecified atom stereocenters. The van der Waals surface area contributed by atoms with Gasteiger partial charge in [0.1, 0.15) is 12.3 Å². The SMILES string of the molecule is COc1ccc(CC2Sc3ccc(CN)cc3N(CC(=O)NO)C2=O)cc1. The molecule has 2 aromatic rings. The van der Waals surface area contributed by atoms with Crippen molar-refractivity contribution < 1.29 is 19.5 Å². The van der Waals surface area contributed by atoms with Crippen LogP contribution in [0.5, 0.6) is 5.75 Å². The zero-order valence-electron chi connectivity index (χ0n) is 14.8. The molecule has 0 saturated heterocycles. The third-order valence-corrected chi connectivity index (χ3v) is 5.62. The van der Waals surface area contributed by atoms with Crippen LogP contribution < -0.4 is 20.9 Å². The smallest absolute Gasteiger partial charge is 0.263 e. The Bertz CT molecular complexity index is 841. The van der Waals surface area contributed by atoms with E-state index in [1.54, 1.807) is 12.6 Å². The molecular weight excluding hydrogens is 366 g/mol. The molecule has 0 radical (unpaired) electrons. The normalized spacial score (nSPS) is 16.0. The molecule has 0 saturated carbocycles. The molecule has 4 N–H and O–H groups in total. The van der Waals surface area contributed by atoms with E-state index in [2.05, 4.69) is 0 Å². The van der Waals surface area contributed by atoms with Gasteiger partial charge in [-0.1, -0.05) is 18.2 Å². The number of rotatable bonds is 6. The number of benzene rings is 2. The molecule has 1 atom stereocenters. The van der Waals surface area contributed by atoms with Crippen LogP contribution in [0.1, 0.15) is 11.1 Å². The second-order valence-electron chi connectivity index (χ2n) is 6.12. The van der Waals surface area contributed by atoms with Gasteiger partial charge in [0.15, 0.2) is 0 Å². The molecular formula is C19H21N3O4S. The largest absolute Gasteiger partial charge is 0.497 e. The summed E-state index contributed by atoms with van der Waals surface area (Å²) < 4.78 is 5.16. The van der Waals surface area contributed by atoms with Crippen molar-refractivity contribution in [1.29, 1.82) is 0 Å². The summed E-state index contributed by atoms with van der Waals surface area (Å²) in [4.78, 5) is 27.1. The van der Waals surface area contributed by atoms with Crippen LogP contribution in [-0.4, -0.2) is 35.9 Å². The van der Waals surface area contributed by atoms with Crippen LogP contribution in [0.15, 0.2) is 47.4 Å². The van der Waals surface area contributed by atoms with Gasteiger partial charge in [0, 0.05) is 11.4 Å². The summed E-state index contributed by atoms with van der Waals surface area (Å²) in [5.74, 6) is -0.0779. The number of carbonyl (C=O) groups is 2. The second-order valence-corrected chi connectivity index (χ2v) is 7.37. The Kier molecular flexibility index (Phi) is 6.00. The van der Waals surface area contributed by atoms with E-state index >= 15 is 0 Å². The fourth-order valence-electron chi connectivity index (χ4n) is 2.94. The van der Waals surface area contributed by atoms with Crippen molar-refractivity contribution >= 4 is 29.3 Å². The topological polar surface area (TPSA) is 105 Å². The van der Waals surface area contributed by atoms with Gasteiger partial charge in [-0.05, 0) is 41.8 Å². The summed E-state index contributed by atoms with van der Waals surface area (Å²) in [6.45, 7) is 0.0808. The lowest BCUT2D eigenvalue weighted by atomic mass is 10.1. The molecule has 1 heterocycles. The van der Waals surface area contributed by atoms with Gasteiger partial charge < -0.3 is 15.4 Å². The molecule has 0 aliphatic carbocycles. The molecule has 3 rings (SSSR count). The number of hydroxylamine groups is 1. The standard InChI is InChI=1S/C19H21N3O4S/c1-26-14-5-2-12(3-6-14)9-17-19(24)22(11-18(23)21-25)15-8-13(10-20)4-7-16(15)27-17/h2-8,17,25H,9-11,20H2,1H3,(H,21,23). The van der Waals surface area contributed by atoms with E-state index in [0.29, 0.717) is 18.7 Å². The van der Waals surface area contributed by atoms with Crippen molar-refractivity contribution in [3.8, 4) is 5.75 Å². The van der Waals surface area contributed by atoms with Crippen LogP contribution >= 0.6 is 11.8 Å². The summed E-state index contributed by atoms with van der Waals surface area (Å²) >= 11 is 1.47. The van der Waals surface area contributed by atoms with E-state index in [4.69, 9.17) is 15.7 Å². The number of nitrogens with two attached hydrogens (primary N) is 1. The minimum absolute atomic E-state index is 0.180. The Hall–Kier alpha value is -2.55. The van der Waals surface area contributed by atoms with Gasteiger partial charge in [-0.3, -0.25) is 14.8 Å². The first-order chi connectivity index (χ1) is 13.0. The molecule has 142 valence electrons. The zero-order chi connectivity index (χ0) is 19.4. The van der Waals surface area contributed by atoms with Crippen LogP contribution in [0.2, 0.25) is 0 Å². The summed E-state index contributed by atoms with van der Waals surface area (Å²) in [6, 6.07) is 13.2. The van der Waals surface area contributed by atoms with Gasteiger partial charge in [0.05, 0.1) is 18.0 Å². The van der Waals surface area contributed by atoms with Crippen molar-refractivity contribution in [1.82, 2.24) is 5.48 Å². The lowest BCUT2D eigenvalue weighted by Crippen LogP contribution is -2.46. The van der Waals surface area contributed by atoms with E-state index in [0.717, 1.165) is 21.8 Å². The first kappa shape index (κ1) is 19.2. The molecule has 0 aromatic heterocycles. The highest BCUT2D eigenvalue weighted by Crippen LogP contribution is 2.40. The Morgan fingerprint density at radius 2 is 1.96 bits per heavy atom. The summed E-state index contributed by atoms with van der Waals surface area (Å²) in [6.07, 6.45) is 0.517. The summed E-state index contributed by atoms with van der Waals surface area (Å²) in [5, 5.41) is 8.50. The van der Waals surface area contributed by atoms with Crippen molar-refractivity contribution in [2.75, 3.05) is 18.6 Å². The molecule has 2 aromatic carbocycles. The van der Waals surface area contributed by atoms with Gasteiger partial charge in [0.2, 0.25) is 5.91 Å². The number of fused-ring (bicyclic) bond motifs is 1. The molecule has 1 aliphatic heterocycles. The zero-order valence-corrected chi connectivity index (χ0v) is 15.7. The van der Waals surface area contributed by atoms with Gasteiger partial charge >= 0.3 is 0 Å². The predicted octanol–water partition coefficient (Wildman–Crippen LogP) is 1.71. The third kappa shape index (κ3) is 4.24. The maximum Gasteiger partial charge on any atom is 0.263 e. The molecule has 0 bridgehead atoms. The van der Waals surface area contributed by atoms with E-state index < -0.39 is 5.91 Å². The van der Waals surface area contributed by atoms with Crippen molar-refractivity contribution in [2.24, 2.45) is 5.73 Å². The van der Waals surface area contributed by atoms with Crippen LogP contribution in [-0.2, 0) is 22.6 Å². The third-order valence-electron chi connectivity index (χ3n) is 4.37. The molecule has 0 spiro atoms. The first-order valence-corrected chi connectivity index (χ1v) is 9.30. The highest BCUT2D eigenvalue weighted by Gasteiger charge is 2.34. The van der Waals surface area contributed by atoms with Crippen LogP contribution in [0.3, 0.4) is 0 Å². The lowest BCUT2D eigenvalue weighted by molar-refractivity contribution is -0.129. The highest BCUT2D eigenvalue weighted by atomic mass is 32.2. The van der Waals surface area contributed by atoms with Gasteiger partial charge in [-0.25, -0.2) is 5.48 Å². The molecule has 27 heavy (non-hydrogen) atoms. The molecule has 8 heteroatoms. The van der Waals surface area contributed by atoms with Crippen molar-refractivity contribution in [3.63, 3.8) is 0 Å². The number of hydrogen-bond acceptors (Lipinski definition) is 6. The summed E-state index contributed by atoms with van der Waals surface area (Å²) in [5.41, 5.74) is 9.80. The minimum atomic E-state index is -0.650. The van der Waals surface area contributed by atoms with Crippen LogP contribution in [0.4, 0.5) is 5.69 Å². The number of carbonyl (C=O) groups excluding carboxylic acids is 2. The van der Waals surface area contributed by atoms with Gasteiger partial charge in [-0.2, -0.15) is 0 Å². The maximum absolute atomic E-state index is 13.1. The maximum atomic E-state index is 13.1. The van der Waals surface area contributed by atoms with Gasteiger partial charge in [0.25, 0.3) is 5.91 Å². The number of thioether (sulfide) groups is 1. The quantitative estimate of drug-likeness (QED) is 0.515. The monoisotopic (exact) mass is 387 g/mol. The Balaban J connectivity index is 1.90. The van der Waals surface area contributed by atoms with E-state index in [1.807, 2.05) is 42.5 Å². The second kappa shape index (κ2) is 8.43. The van der Waals surface area contributed by atoms with Gasteiger partial charge in [-0.15, -0.1) is 11.8 Å². The number of methoxy groups -OCH3 is 1. The predicted molar refractivity (Wildman–Crippen MR) is 103 cm³/mol. The number of amides is 2. The Morgan fingerprint density at radius 1 is 1.26 bits per heavy atom. The first-order valence-electron chi connectivity index (χ1n) is 8.42. The minimum Gasteiger partial charge on any atom is -0.497 e. The number of ether oxygens (including phenoxy) is 1. The van der Waals surface area contributed by atoms with Crippen molar-refractivity contribution in [2.45, 2.75) is 23.1 Å². The molecule has 7 nitrogen and oxygen atoms in total.